The van der Waals surface area contributed by atoms with Crippen LogP contribution in [0.1, 0.15) is 33.1 Å². The van der Waals surface area contributed by atoms with Gasteiger partial charge in [-0.1, -0.05) is 13.8 Å². The smallest absolute Gasteiger partial charge is 0.305 e. The second-order valence-electron chi connectivity index (χ2n) is 4.30. The number of carbonyl (C=O) groups excluding carboxylic acids is 1. The number of hydrogen-bond donors (Lipinski definition) is 2. The highest BCUT2D eigenvalue weighted by Gasteiger charge is 2.53. The third-order valence-corrected chi connectivity index (χ3v) is 3.26. The first-order chi connectivity index (χ1) is 5.93. The molecule has 0 aromatic heterocycles. The Morgan fingerprint density at radius 2 is 2.15 bits per heavy atom. The Bertz CT molecular complexity index is 237. The summed E-state index contributed by atoms with van der Waals surface area (Å²) in [7, 11) is 0. The summed E-state index contributed by atoms with van der Waals surface area (Å²) in [5, 5.41) is 11.4. The van der Waals surface area contributed by atoms with Gasteiger partial charge in [0.25, 0.3) is 0 Å². The average Bonchev–Trinajstić information content (AvgIpc) is 2.01. The fraction of sp³-hybridized carbons (Fsp3) is 0.778. The van der Waals surface area contributed by atoms with Crippen molar-refractivity contribution in [1.82, 2.24) is 5.32 Å². The van der Waals surface area contributed by atoms with E-state index in [9.17, 15) is 9.59 Å². The molecule has 0 heterocycles. The van der Waals surface area contributed by atoms with Crippen molar-refractivity contribution in [3.8, 4) is 0 Å². The van der Waals surface area contributed by atoms with E-state index >= 15 is 0 Å². The van der Waals surface area contributed by atoms with Crippen LogP contribution < -0.4 is 5.32 Å². The van der Waals surface area contributed by atoms with E-state index in [0.29, 0.717) is 6.41 Å². The fourth-order valence-corrected chi connectivity index (χ4v) is 1.94. The summed E-state index contributed by atoms with van der Waals surface area (Å²) in [6.07, 6.45) is 2.33. The third-order valence-electron chi connectivity index (χ3n) is 3.26. The van der Waals surface area contributed by atoms with Gasteiger partial charge in [-0.3, -0.25) is 9.59 Å². The zero-order chi connectivity index (χ0) is 10.1. The number of carbonyl (C=O) groups is 2. The predicted octanol–water partition coefficient (Wildman–Crippen LogP) is 0.766. The van der Waals surface area contributed by atoms with Crippen LogP contribution in [0.5, 0.6) is 0 Å². The van der Waals surface area contributed by atoms with Gasteiger partial charge in [-0.2, -0.15) is 0 Å². The maximum atomic E-state index is 10.6. The molecule has 0 aromatic rings. The molecule has 0 saturated heterocycles. The van der Waals surface area contributed by atoms with Gasteiger partial charge >= 0.3 is 5.97 Å². The number of nitrogens with one attached hydrogen (secondary N) is 1. The Labute approximate surface area is 77.3 Å². The molecule has 0 aromatic carbocycles. The van der Waals surface area contributed by atoms with E-state index in [1.807, 2.05) is 13.8 Å². The zero-order valence-corrected chi connectivity index (χ0v) is 7.96. The van der Waals surface area contributed by atoms with Crippen molar-refractivity contribution in [1.29, 1.82) is 0 Å². The molecule has 1 fully saturated rings. The Morgan fingerprint density at radius 3 is 2.38 bits per heavy atom. The molecule has 0 aliphatic heterocycles. The van der Waals surface area contributed by atoms with Crippen LogP contribution in [0, 0.1) is 5.41 Å². The van der Waals surface area contributed by atoms with Gasteiger partial charge in [-0.05, 0) is 18.3 Å². The summed E-state index contributed by atoms with van der Waals surface area (Å²) < 4.78 is 0. The van der Waals surface area contributed by atoms with Crippen LogP contribution in [0.25, 0.3) is 0 Å². The van der Waals surface area contributed by atoms with Gasteiger partial charge in [-0.15, -0.1) is 0 Å². The first-order valence-corrected chi connectivity index (χ1v) is 4.37. The molecule has 4 nitrogen and oxygen atoms in total. The van der Waals surface area contributed by atoms with Crippen molar-refractivity contribution in [2.24, 2.45) is 5.41 Å². The molecule has 1 aliphatic rings. The molecule has 2 N–H and O–H groups in total. The van der Waals surface area contributed by atoms with Crippen molar-refractivity contribution >= 4 is 12.4 Å². The second-order valence-corrected chi connectivity index (χ2v) is 4.30. The first-order valence-electron chi connectivity index (χ1n) is 4.37. The van der Waals surface area contributed by atoms with Gasteiger partial charge in [0.05, 0.1) is 12.0 Å². The third kappa shape index (κ3) is 1.53. The summed E-state index contributed by atoms with van der Waals surface area (Å²) >= 11 is 0. The molecule has 74 valence electrons. The monoisotopic (exact) mass is 185 g/mol. The lowest BCUT2D eigenvalue weighted by Crippen LogP contribution is -2.63. The quantitative estimate of drug-likeness (QED) is 0.635. The lowest BCUT2D eigenvalue weighted by atomic mass is 9.55. The lowest BCUT2D eigenvalue weighted by Gasteiger charge is -2.55. The first kappa shape index (κ1) is 10.0. The van der Waals surface area contributed by atoms with E-state index in [1.54, 1.807) is 0 Å². The molecule has 0 radical (unpaired) electrons. The highest BCUT2D eigenvalue weighted by Crippen LogP contribution is 2.51. The average molecular weight is 185 g/mol. The fourth-order valence-electron chi connectivity index (χ4n) is 1.94. The largest absolute Gasteiger partial charge is 0.481 e. The van der Waals surface area contributed by atoms with Crippen molar-refractivity contribution in [2.45, 2.75) is 38.6 Å². The standard InChI is InChI=1S/C9H15NO3/c1-8(2)3-4-9(8,10-6-11)5-7(12)13/h6H,3-5H2,1-2H3,(H,10,11)(H,12,13). The van der Waals surface area contributed by atoms with Gasteiger partial charge in [0.2, 0.25) is 6.41 Å². The number of carboxylic acid groups (broad SMARTS) is 1. The molecule has 0 spiro atoms. The molecule has 0 bridgehead atoms. The van der Waals surface area contributed by atoms with Crippen molar-refractivity contribution in [2.75, 3.05) is 0 Å². The van der Waals surface area contributed by atoms with E-state index in [1.165, 1.54) is 0 Å². The Morgan fingerprint density at radius 1 is 1.54 bits per heavy atom. The van der Waals surface area contributed by atoms with Crippen LogP contribution in [0.3, 0.4) is 0 Å². The minimum atomic E-state index is -0.859. The number of rotatable bonds is 4. The van der Waals surface area contributed by atoms with E-state index in [4.69, 9.17) is 5.11 Å². The van der Waals surface area contributed by atoms with Gasteiger partial charge in [-0.25, -0.2) is 0 Å². The van der Waals surface area contributed by atoms with Crippen LogP contribution >= 0.6 is 0 Å². The lowest BCUT2D eigenvalue weighted by molar-refractivity contribution is -0.144. The van der Waals surface area contributed by atoms with Crippen LogP contribution in [0.2, 0.25) is 0 Å². The zero-order valence-electron chi connectivity index (χ0n) is 7.96. The molecule has 13 heavy (non-hydrogen) atoms. The van der Waals surface area contributed by atoms with Gasteiger partial charge in [0.15, 0.2) is 0 Å². The maximum absolute atomic E-state index is 10.6. The van der Waals surface area contributed by atoms with E-state index in [2.05, 4.69) is 5.32 Å². The summed E-state index contributed by atoms with van der Waals surface area (Å²) in [4.78, 5) is 21.0. The minimum absolute atomic E-state index is 0.0126. The van der Waals surface area contributed by atoms with Crippen molar-refractivity contribution < 1.29 is 14.7 Å². The van der Waals surface area contributed by atoms with E-state index < -0.39 is 11.5 Å². The molecule has 1 aliphatic carbocycles. The van der Waals surface area contributed by atoms with Gasteiger partial charge in [0.1, 0.15) is 0 Å². The molecular weight excluding hydrogens is 170 g/mol. The summed E-state index contributed by atoms with van der Waals surface area (Å²) in [6, 6.07) is 0. The Balaban J connectivity index is 2.76. The highest BCUT2D eigenvalue weighted by atomic mass is 16.4. The minimum Gasteiger partial charge on any atom is -0.481 e. The van der Waals surface area contributed by atoms with Crippen LogP contribution in [0.4, 0.5) is 0 Å². The van der Waals surface area contributed by atoms with Crippen molar-refractivity contribution in [3.05, 3.63) is 0 Å². The van der Waals surface area contributed by atoms with Crippen molar-refractivity contribution in [3.63, 3.8) is 0 Å². The molecule has 1 saturated carbocycles. The van der Waals surface area contributed by atoms with E-state index in [0.717, 1.165) is 12.8 Å². The summed E-state index contributed by atoms with van der Waals surface area (Å²) in [5.41, 5.74) is -0.632. The molecule has 1 rings (SSSR count). The molecule has 1 unspecified atom stereocenters. The summed E-state index contributed by atoms with van der Waals surface area (Å²) in [5.74, 6) is -0.859. The molecule has 1 atom stereocenters. The molecular formula is C9H15NO3. The number of amides is 1. The van der Waals surface area contributed by atoms with Gasteiger partial charge in [0, 0.05) is 0 Å². The summed E-state index contributed by atoms with van der Waals surface area (Å²) in [6.45, 7) is 3.96. The van der Waals surface area contributed by atoms with Crippen LogP contribution in [-0.4, -0.2) is 23.0 Å². The maximum Gasteiger partial charge on any atom is 0.305 e. The highest BCUT2D eigenvalue weighted by molar-refractivity contribution is 5.70. The van der Waals surface area contributed by atoms with E-state index in [-0.39, 0.29) is 11.8 Å². The predicted molar refractivity (Wildman–Crippen MR) is 47.2 cm³/mol. The van der Waals surface area contributed by atoms with Gasteiger partial charge < -0.3 is 10.4 Å². The van der Waals surface area contributed by atoms with Crippen LogP contribution in [-0.2, 0) is 9.59 Å². The number of carboxylic acids is 1. The Hall–Kier alpha value is -1.06. The second kappa shape index (κ2) is 3.01. The molecule has 4 heteroatoms. The topological polar surface area (TPSA) is 66.4 Å². The number of aliphatic carboxylic acids is 1. The SMILES string of the molecule is CC1(C)CCC1(CC(=O)O)NC=O. The number of hydrogen-bond acceptors (Lipinski definition) is 2. The molecule has 1 amide bonds. The Kier molecular flexibility index (Phi) is 2.32. The van der Waals surface area contributed by atoms with Crippen LogP contribution in [0.15, 0.2) is 0 Å². The normalized spacial score (nSPS) is 30.3.